The molecule has 0 fully saturated rings. The molecule has 0 aliphatic carbocycles. The molecule has 0 aliphatic rings. The van der Waals surface area contributed by atoms with E-state index in [1.807, 2.05) is 0 Å². The van der Waals surface area contributed by atoms with E-state index in [2.05, 4.69) is 295 Å². The fraction of sp³-hybridized carbons (Fsp3) is 0.0149. The molecular formula is C67H54N6. The summed E-state index contributed by atoms with van der Waals surface area (Å²) in [6.45, 7) is 0. The number of H-pyrrole nitrogens is 2. The summed E-state index contributed by atoms with van der Waals surface area (Å²) in [6.07, 6.45) is 0. The topological polar surface area (TPSA) is 49.7 Å². The van der Waals surface area contributed by atoms with Crippen molar-refractivity contribution in [1.29, 1.82) is 0 Å². The Kier molecular flexibility index (Phi) is 10.6. The fourth-order valence-corrected chi connectivity index (χ4v) is 11.2. The van der Waals surface area contributed by atoms with Gasteiger partial charge in [0.05, 0.1) is 49.7 Å². The minimum atomic E-state index is 0. The Balaban J connectivity index is 0.000000119. The molecule has 16 rings (SSSR count). The van der Waals surface area contributed by atoms with E-state index in [4.69, 9.17) is 0 Å². The summed E-state index contributed by atoms with van der Waals surface area (Å²) in [4.78, 5) is 7.19. The molecule has 0 aliphatic heterocycles. The summed E-state index contributed by atoms with van der Waals surface area (Å²) in [5, 5.41) is 3.84. The first-order valence-corrected chi connectivity index (χ1v) is 24.5. The summed E-state index contributed by atoms with van der Waals surface area (Å²) in [5.74, 6) is 0. The van der Waals surface area contributed by atoms with Crippen LogP contribution in [0.5, 0.6) is 0 Å². The molecule has 352 valence electrons. The van der Waals surface area contributed by atoms with Gasteiger partial charge in [0.2, 0.25) is 0 Å². The average molecular weight is 945 g/mol. The summed E-state index contributed by atoms with van der Waals surface area (Å²) in [5.41, 5.74) is 23.2. The minimum absolute atomic E-state index is 0. The van der Waals surface area contributed by atoms with Gasteiger partial charge in [0.15, 0.2) is 0 Å². The zero-order chi connectivity index (χ0) is 47.5. The fourth-order valence-electron chi connectivity index (χ4n) is 11.2. The first-order valence-electron chi connectivity index (χ1n) is 24.5. The number of nitrogens with one attached hydrogen (secondary N) is 2. The van der Waals surface area contributed by atoms with Crippen molar-refractivity contribution in [3.8, 4) is 39.1 Å². The van der Waals surface area contributed by atoms with Crippen LogP contribution in [0.1, 0.15) is 10.3 Å². The third-order valence-corrected chi connectivity index (χ3v) is 14.2. The summed E-state index contributed by atoms with van der Waals surface area (Å²) >= 11 is 0. The van der Waals surface area contributed by atoms with Gasteiger partial charge in [-0.15, -0.1) is 0 Å². The molecule has 0 amide bonds. The number of hydrogen-bond donors (Lipinski definition) is 2. The number of rotatable bonds is 4. The van der Waals surface area contributed by atoms with Crippen LogP contribution in [0.15, 0.2) is 267 Å². The van der Waals surface area contributed by atoms with E-state index in [1.54, 1.807) is 0 Å². The van der Waals surface area contributed by atoms with Crippen molar-refractivity contribution in [3.63, 3.8) is 0 Å². The third-order valence-electron chi connectivity index (χ3n) is 14.2. The predicted molar refractivity (Wildman–Crippen MR) is 313 cm³/mol. The number of benzene rings is 10. The molecule has 0 spiro atoms. The number of para-hydroxylation sites is 10. The van der Waals surface area contributed by atoms with Crippen molar-refractivity contribution in [2.24, 2.45) is 0 Å². The minimum Gasteiger partial charge on any atom is -0.339 e. The van der Waals surface area contributed by atoms with Crippen molar-refractivity contribution in [2.75, 3.05) is 0 Å². The van der Waals surface area contributed by atoms with Crippen LogP contribution < -0.4 is 0 Å². The second kappa shape index (κ2) is 17.9. The Morgan fingerprint density at radius 3 is 1.03 bits per heavy atom. The molecule has 73 heavy (non-hydrogen) atoms. The SMILES string of the molecule is C.[2HH].[2HH].c1ccc(-c2c3ccccc3n3c2[nH]c2ccccc23)cc1.c1ccc(-c2c3ccccc3n3c2[nH]c2ccccc23)cc1.c1ccc(-c2c3ccccc3n3c4ccccc4n(-c4ccccc4)c23)cc1. The molecule has 0 atom stereocenters. The molecule has 6 heteroatoms. The van der Waals surface area contributed by atoms with Crippen LogP contribution in [-0.2, 0) is 0 Å². The highest BCUT2D eigenvalue weighted by atomic mass is 15.1. The Morgan fingerprint density at radius 2 is 0.575 bits per heavy atom. The lowest BCUT2D eigenvalue weighted by Crippen LogP contribution is -1.94. The third kappa shape index (κ3) is 6.95. The lowest BCUT2D eigenvalue weighted by Gasteiger charge is -2.08. The maximum atomic E-state index is 3.60. The van der Waals surface area contributed by atoms with Crippen LogP contribution >= 0.6 is 0 Å². The van der Waals surface area contributed by atoms with Gasteiger partial charge in [0, 0.05) is 41.4 Å². The van der Waals surface area contributed by atoms with Crippen molar-refractivity contribution in [1.82, 2.24) is 27.7 Å². The van der Waals surface area contributed by atoms with Gasteiger partial charge in [0.25, 0.3) is 0 Å². The molecule has 0 saturated carbocycles. The van der Waals surface area contributed by atoms with E-state index in [-0.39, 0.29) is 10.3 Å². The van der Waals surface area contributed by atoms with Gasteiger partial charge >= 0.3 is 0 Å². The molecule has 6 nitrogen and oxygen atoms in total. The van der Waals surface area contributed by atoms with Gasteiger partial charge in [-0.05, 0) is 83.4 Å². The molecule has 0 radical (unpaired) electrons. The van der Waals surface area contributed by atoms with Crippen molar-refractivity contribution < 1.29 is 2.85 Å². The van der Waals surface area contributed by atoms with E-state index in [0.717, 1.165) is 11.3 Å². The van der Waals surface area contributed by atoms with Crippen LogP contribution in [0.25, 0.3) is 122 Å². The monoisotopic (exact) mass is 944 g/mol. The quantitative estimate of drug-likeness (QED) is 0.177. The average Bonchev–Trinajstić information content (AvgIpc) is 4.32. The van der Waals surface area contributed by atoms with E-state index < -0.39 is 0 Å². The van der Waals surface area contributed by atoms with Gasteiger partial charge in [-0.3, -0.25) is 17.8 Å². The van der Waals surface area contributed by atoms with E-state index in [9.17, 15) is 0 Å². The van der Waals surface area contributed by atoms with Crippen LogP contribution in [0, 0.1) is 0 Å². The van der Waals surface area contributed by atoms with E-state index in [0.29, 0.717) is 0 Å². The largest absolute Gasteiger partial charge is 0.339 e. The predicted octanol–water partition coefficient (Wildman–Crippen LogP) is 18.3. The van der Waals surface area contributed by atoms with E-state index in [1.165, 1.54) is 111 Å². The van der Waals surface area contributed by atoms with Crippen LogP contribution in [0.4, 0.5) is 0 Å². The van der Waals surface area contributed by atoms with E-state index >= 15 is 0 Å². The first-order chi connectivity index (χ1) is 35.8. The number of hydrogen-bond acceptors (Lipinski definition) is 0. The van der Waals surface area contributed by atoms with Crippen molar-refractivity contribution in [2.45, 2.75) is 7.43 Å². The molecule has 16 aromatic rings. The highest BCUT2D eigenvalue weighted by molar-refractivity contribution is 6.11. The molecule has 6 aromatic heterocycles. The van der Waals surface area contributed by atoms with Gasteiger partial charge in [0.1, 0.15) is 16.9 Å². The van der Waals surface area contributed by atoms with Crippen LogP contribution in [0.2, 0.25) is 0 Å². The summed E-state index contributed by atoms with van der Waals surface area (Å²) in [7, 11) is 0. The van der Waals surface area contributed by atoms with Gasteiger partial charge < -0.3 is 9.97 Å². The second-order valence-corrected chi connectivity index (χ2v) is 18.2. The smallest absolute Gasteiger partial charge is 0.131 e. The normalized spacial score (nSPS) is 11.5. The van der Waals surface area contributed by atoms with Crippen molar-refractivity contribution >= 4 is 82.8 Å². The Morgan fingerprint density at radius 1 is 0.260 bits per heavy atom. The molecular weight excluding hydrogens is 889 g/mol. The number of nitrogens with zero attached hydrogens (tertiary/aromatic N) is 4. The molecule has 10 aromatic carbocycles. The first kappa shape index (κ1) is 43.3. The Labute approximate surface area is 424 Å². The molecule has 0 saturated heterocycles. The summed E-state index contributed by atoms with van der Waals surface area (Å²) < 4.78 is 9.44. The molecule has 6 heterocycles. The molecule has 0 unspecified atom stereocenters. The van der Waals surface area contributed by atoms with Crippen LogP contribution in [-0.4, -0.2) is 27.7 Å². The number of aromatic amines is 2. The molecule has 0 bridgehead atoms. The van der Waals surface area contributed by atoms with Crippen molar-refractivity contribution in [3.05, 3.63) is 267 Å². The second-order valence-electron chi connectivity index (χ2n) is 18.2. The maximum Gasteiger partial charge on any atom is 0.131 e. The molecule has 2 N–H and O–H groups in total. The van der Waals surface area contributed by atoms with Gasteiger partial charge in [-0.1, -0.05) is 208 Å². The highest BCUT2D eigenvalue weighted by Crippen LogP contribution is 2.42. The zero-order valence-corrected chi connectivity index (χ0v) is 39.2. The number of fused-ring (bicyclic) bond motifs is 15. The van der Waals surface area contributed by atoms with Gasteiger partial charge in [-0.2, -0.15) is 0 Å². The summed E-state index contributed by atoms with van der Waals surface area (Å²) in [6, 6.07) is 94.0. The zero-order valence-electron chi connectivity index (χ0n) is 39.2. The van der Waals surface area contributed by atoms with Gasteiger partial charge in [-0.25, -0.2) is 0 Å². The highest BCUT2D eigenvalue weighted by Gasteiger charge is 2.22. The standard InChI is InChI=1S/C26H18N2.2C20H14N2.CH4.2H2/c1-3-11-19(12-4-1)25-21-15-7-8-16-22(21)28-24-18-10-9-17-23(24)27(26(25)28)20-13-5-2-6-14-20;2*1-2-8-14(9-3-1)19-15-10-4-6-12-17(15)22-18-13-7-5-11-16(18)21-20(19)22;;;/h1-18H;2*1-13,21H;1H4;2*1H/i;;;;2*1+1. The number of aromatic nitrogens is 6. The van der Waals surface area contributed by atoms with Crippen LogP contribution in [0.3, 0.4) is 0 Å². The Bertz CT molecular complexity index is 4320. The number of imidazole rings is 3. The maximum absolute atomic E-state index is 3.60. The lowest BCUT2D eigenvalue weighted by molar-refractivity contribution is 1.15. The Hall–Kier alpha value is -9.78. The lowest BCUT2D eigenvalue weighted by atomic mass is 10.0.